The van der Waals surface area contributed by atoms with Gasteiger partial charge in [0.1, 0.15) is 0 Å². The quantitative estimate of drug-likeness (QED) is 0.612. The maximum Gasteiger partial charge on any atom is 0.363 e. The van der Waals surface area contributed by atoms with Gasteiger partial charge in [0.05, 0.1) is 0 Å². The van der Waals surface area contributed by atoms with E-state index in [1.165, 1.54) is 5.56 Å². The average Bonchev–Trinajstić information content (AvgIpc) is 2.85. The lowest BCUT2D eigenvalue weighted by atomic mass is 10.1. The summed E-state index contributed by atoms with van der Waals surface area (Å²) in [6, 6.07) is 13.0. The van der Waals surface area contributed by atoms with Crippen LogP contribution in [0.5, 0.6) is 0 Å². The van der Waals surface area contributed by atoms with E-state index in [1.807, 2.05) is 44.2 Å². The molecule has 0 spiro atoms. The van der Waals surface area contributed by atoms with Gasteiger partial charge in [-0.25, -0.2) is 9.79 Å². The second-order valence-electron chi connectivity index (χ2n) is 5.19. The molecule has 0 amide bonds. The normalized spacial score (nSPS) is 15.9. The third kappa shape index (κ3) is 2.95. The first kappa shape index (κ1) is 14.5. The minimum atomic E-state index is -0.442. The largest absolute Gasteiger partial charge is 0.402 e. The Morgan fingerprint density at radius 3 is 2.45 bits per heavy atom. The second-order valence-corrected chi connectivity index (χ2v) is 5.62. The Morgan fingerprint density at radius 2 is 1.77 bits per heavy atom. The van der Waals surface area contributed by atoms with E-state index in [0.29, 0.717) is 10.9 Å². The van der Waals surface area contributed by atoms with Crippen LogP contribution in [0.4, 0.5) is 0 Å². The third-order valence-electron chi connectivity index (χ3n) is 3.55. The fourth-order valence-electron chi connectivity index (χ4n) is 2.12. The fraction of sp³-hybridized carbons (Fsp3) is 0.111. The molecule has 0 aliphatic carbocycles. The first-order valence-corrected chi connectivity index (χ1v) is 7.26. The van der Waals surface area contributed by atoms with E-state index in [0.717, 1.165) is 16.7 Å². The number of ether oxygens (including phenoxy) is 1. The summed E-state index contributed by atoms with van der Waals surface area (Å²) in [4.78, 5) is 16.3. The number of aryl methyl sites for hydroxylation is 2. The molecule has 0 saturated heterocycles. The summed E-state index contributed by atoms with van der Waals surface area (Å²) < 4.78 is 5.27. The molecule has 0 fully saturated rings. The van der Waals surface area contributed by atoms with Crippen molar-refractivity contribution in [3.63, 3.8) is 0 Å². The Labute approximate surface area is 133 Å². The van der Waals surface area contributed by atoms with Crippen molar-refractivity contribution in [3.8, 4) is 0 Å². The van der Waals surface area contributed by atoms with Crippen LogP contribution in [-0.2, 0) is 9.53 Å². The van der Waals surface area contributed by atoms with Crippen molar-refractivity contribution in [1.29, 1.82) is 0 Å². The number of rotatable bonds is 2. The molecule has 3 rings (SSSR count). The van der Waals surface area contributed by atoms with Crippen molar-refractivity contribution in [2.75, 3.05) is 0 Å². The Bertz CT molecular complexity index is 804. The Kier molecular flexibility index (Phi) is 3.82. The number of halogens is 1. The minimum Gasteiger partial charge on any atom is -0.402 e. The smallest absolute Gasteiger partial charge is 0.363 e. The SMILES string of the molecule is Cc1ccc(C2=N/C(=C/c3ccc(Cl)cc3)C(=O)O2)cc1C. The number of cyclic esters (lactones) is 1. The molecule has 2 aromatic carbocycles. The number of benzene rings is 2. The molecule has 0 unspecified atom stereocenters. The minimum absolute atomic E-state index is 0.288. The molecule has 0 aromatic heterocycles. The van der Waals surface area contributed by atoms with Crippen molar-refractivity contribution in [2.45, 2.75) is 13.8 Å². The van der Waals surface area contributed by atoms with E-state index in [4.69, 9.17) is 16.3 Å². The lowest BCUT2D eigenvalue weighted by Gasteiger charge is -2.03. The first-order chi connectivity index (χ1) is 10.5. The maximum atomic E-state index is 12.0. The van der Waals surface area contributed by atoms with Crippen LogP contribution in [0.3, 0.4) is 0 Å². The summed E-state index contributed by atoms with van der Waals surface area (Å²) in [5.41, 5.74) is 4.25. The number of hydrogen-bond acceptors (Lipinski definition) is 3. The molecular weight excluding hydrogens is 298 g/mol. The Hall–Kier alpha value is -2.39. The standard InChI is InChI=1S/C18H14ClNO2/c1-11-3-6-14(9-12(11)2)17-20-16(18(21)22-17)10-13-4-7-15(19)8-5-13/h3-10H,1-2H3/b16-10+. The highest BCUT2D eigenvalue weighted by Gasteiger charge is 2.24. The van der Waals surface area contributed by atoms with E-state index >= 15 is 0 Å². The monoisotopic (exact) mass is 311 g/mol. The number of esters is 1. The van der Waals surface area contributed by atoms with Crippen molar-refractivity contribution in [2.24, 2.45) is 4.99 Å². The van der Waals surface area contributed by atoms with Gasteiger partial charge < -0.3 is 4.74 Å². The van der Waals surface area contributed by atoms with Gasteiger partial charge in [-0.05, 0) is 60.9 Å². The molecule has 22 heavy (non-hydrogen) atoms. The summed E-state index contributed by atoms with van der Waals surface area (Å²) in [5.74, 6) is -0.100. The predicted octanol–water partition coefficient (Wildman–Crippen LogP) is 4.30. The number of carbonyl (C=O) groups excluding carboxylic acids is 1. The fourth-order valence-corrected chi connectivity index (χ4v) is 2.25. The third-order valence-corrected chi connectivity index (χ3v) is 3.80. The number of carbonyl (C=O) groups is 1. The van der Waals surface area contributed by atoms with Gasteiger partial charge in [-0.1, -0.05) is 29.8 Å². The number of hydrogen-bond donors (Lipinski definition) is 0. The van der Waals surface area contributed by atoms with Crippen molar-refractivity contribution >= 4 is 29.5 Å². The molecule has 0 radical (unpaired) electrons. The van der Waals surface area contributed by atoms with E-state index in [-0.39, 0.29) is 5.70 Å². The van der Waals surface area contributed by atoms with Crippen molar-refractivity contribution in [1.82, 2.24) is 0 Å². The molecule has 1 heterocycles. The van der Waals surface area contributed by atoms with Crippen molar-refractivity contribution in [3.05, 3.63) is 75.4 Å². The number of aliphatic imine (C=N–C) groups is 1. The topological polar surface area (TPSA) is 38.7 Å². The average molecular weight is 312 g/mol. The highest BCUT2D eigenvalue weighted by Crippen LogP contribution is 2.21. The van der Waals surface area contributed by atoms with Gasteiger partial charge in [0, 0.05) is 10.6 Å². The Balaban J connectivity index is 1.94. The van der Waals surface area contributed by atoms with Crippen molar-refractivity contribution < 1.29 is 9.53 Å². The van der Waals surface area contributed by atoms with E-state index in [9.17, 15) is 4.79 Å². The highest BCUT2D eigenvalue weighted by molar-refractivity contribution is 6.30. The van der Waals surface area contributed by atoms with Crippen LogP contribution in [-0.4, -0.2) is 11.9 Å². The molecule has 2 aromatic rings. The van der Waals surface area contributed by atoms with Gasteiger partial charge in [-0.15, -0.1) is 0 Å². The molecule has 0 saturated carbocycles. The maximum absolute atomic E-state index is 12.0. The van der Waals surface area contributed by atoms with Gasteiger partial charge in [0.25, 0.3) is 0 Å². The van der Waals surface area contributed by atoms with Gasteiger partial charge in [0.15, 0.2) is 5.70 Å². The Morgan fingerprint density at radius 1 is 1.05 bits per heavy atom. The van der Waals surface area contributed by atoms with Crippen LogP contribution in [0, 0.1) is 13.8 Å². The summed E-state index contributed by atoms with van der Waals surface area (Å²) in [7, 11) is 0. The predicted molar refractivity (Wildman–Crippen MR) is 88.0 cm³/mol. The zero-order chi connectivity index (χ0) is 15.7. The van der Waals surface area contributed by atoms with E-state index < -0.39 is 5.97 Å². The summed E-state index contributed by atoms with van der Waals surface area (Å²) in [6.07, 6.45) is 1.69. The van der Waals surface area contributed by atoms with Crippen LogP contribution in [0.1, 0.15) is 22.3 Å². The lowest BCUT2D eigenvalue weighted by molar-refractivity contribution is -0.129. The van der Waals surface area contributed by atoms with Gasteiger partial charge in [-0.2, -0.15) is 0 Å². The van der Waals surface area contributed by atoms with Crippen LogP contribution >= 0.6 is 11.6 Å². The van der Waals surface area contributed by atoms with Crippen LogP contribution in [0.2, 0.25) is 5.02 Å². The summed E-state index contributed by atoms with van der Waals surface area (Å²) in [6.45, 7) is 4.05. The summed E-state index contributed by atoms with van der Waals surface area (Å²) >= 11 is 5.85. The molecule has 1 aliphatic heterocycles. The van der Waals surface area contributed by atoms with Gasteiger partial charge in [0.2, 0.25) is 5.90 Å². The van der Waals surface area contributed by atoms with Gasteiger partial charge in [-0.3, -0.25) is 0 Å². The molecular formula is C18H14ClNO2. The van der Waals surface area contributed by atoms with Gasteiger partial charge >= 0.3 is 5.97 Å². The molecule has 1 aliphatic rings. The van der Waals surface area contributed by atoms with Crippen LogP contribution in [0.25, 0.3) is 6.08 Å². The lowest BCUT2D eigenvalue weighted by Crippen LogP contribution is -2.05. The molecule has 0 N–H and O–H groups in total. The zero-order valence-corrected chi connectivity index (χ0v) is 13.0. The van der Waals surface area contributed by atoms with Crippen LogP contribution < -0.4 is 0 Å². The molecule has 0 atom stereocenters. The molecule has 110 valence electrons. The second kappa shape index (κ2) is 5.78. The highest BCUT2D eigenvalue weighted by atomic mass is 35.5. The molecule has 3 nitrogen and oxygen atoms in total. The zero-order valence-electron chi connectivity index (χ0n) is 12.3. The molecule has 0 bridgehead atoms. The number of nitrogens with zero attached hydrogens (tertiary/aromatic N) is 1. The van der Waals surface area contributed by atoms with Crippen LogP contribution in [0.15, 0.2) is 53.2 Å². The van der Waals surface area contributed by atoms with E-state index in [2.05, 4.69) is 4.99 Å². The summed E-state index contributed by atoms with van der Waals surface area (Å²) in [5, 5.41) is 0.649. The first-order valence-electron chi connectivity index (χ1n) is 6.89. The molecule has 4 heteroatoms. The van der Waals surface area contributed by atoms with E-state index in [1.54, 1.807) is 18.2 Å².